The van der Waals surface area contributed by atoms with Gasteiger partial charge in [-0.25, -0.2) is 0 Å². The molecule has 0 bridgehead atoms. The summed E-state index contributed by atoms with van der Waals surface area (Å²) >= 11 is 0. The zero-order chi connectivity index (χ0) is 11.9. The van der Waals surface area contributed by atoms with Crippen LogP contribution in [0.15, 0.2) is 30.3 Å². The lowest BCUT2D eigenvalue weighted by molar-refractivity contribution is 0.144. The van der Waals surface area contributed by atoms with Crippen LogP contribution in [0.4, 0.5) is 0 Å². The summed E-state index contributed by atoms with van der Waals surface area (Å²) in [6.07, 6.45) is 6.41. The first-order valence-electron chi connectivity index (χ1n) is 6.88. The predicted octanol–water partition coefficient (Wildman–Crippen LogP) is 2.43. The van der Waals surface area contributed by atoms with Gasteiger partial charge in [-0.15, -0.1) is 0 Å². The highest BCUT2D eigenvalue weighted by molar-refractivity contribution is 5.14. The second kappa shape index (κ2) is 6.77. The zero-order valence-corrected chi connectivity index (χ0v) is 10.6. The van der Waals surface area contributed by atoms with Gasteiger partial charge in [-0.1, -0.05) is 36.8 Å². The summed E-state index contributed by atoms with van der Waals surface area (Å²) < 4.78 is 0. The molecule has 1 heterocycles. The van der Waals surface area contributed by atoms with Gasteiger partial charge in [0.1, 0.15) is 0 Å². The number of hydrogen-bond donors (Lipinski definition) is 1. The molecule has 2 N–H and O–H groups in total. The van der Waals surface area contributed by atoms with E-state index in [4.69, 9.17) is 5.73 Å². The first kappa shape index (κ1) is 12.6. The van der Waals surface area contributed by atoms with Gasteiger partial charge in [0.05, 0.1) is 0 Å². The lowest BCUT2D eigenvalue weighted by Gasteiger charge is -2.35. The van der Waals surface area contributed by atoms with Gasteiger partial charge in [-0.05, 0) is 44.3 Å². The van der Waals surface area contributed by atoms with Crippen molar-refractivity contribution in [2.75, 3.05) is 19.6 Å². The summed E-state index contributed by atoms with van der Waals surface area (Å²) in [7, 11) is 0. The fourth-order valence-corrected chi connectivity index (χ4v) is 2.79. The van der Waals surface area contributed by atoms with E-state index in [1.54, 1.807) is 0 Å². The highest BCUT2D eigenvalue weighted by Crippen LogP contribution is 2.19. The van der Waals surface area contributed by atoms with Gasteiger partial charge >= 0.3 is 0 Å². The summed E-state index contributed by atoms with van der Waals surface area (Å²) in [5, 5.41) is 0. The smallest absolute Gasteiger partial charge is 0.0107 e. The summed E-state index contributed by atoms with van der Waals surface area (Å²) in [6.45, 7) is 3.28. The van der Waals surface area contributed by atoms with E-state index in [1.165, 1.54) is 44.3 Å². The largest absolute Gasteiger partial charge is 0.330 e. The molecule has 1 unspecified atom stereocenters. The molecular formula is C15H24N2. The van der Waals surface area contributed by atoms with E-state index in [1.807, 2.05) is 0 Å². The topological polar surface area (TPSA) is 29.3 Å². The maximum atomic E-state index is 5.70. The van der Waals surface area contributed by atoms with E-state index >= 15 is 0 Å². The minimum absolute atomic E-state index is 0.734. The van der Waals surface area contributed by atoms with E-state index < -0.39 is 0 Å². The maximum Gasteiger partial charge on any atom is 0.0107 e. The van der Waals surface area contributed by atoms with E-state index in [2.05, 4.69) is 35.2 Å². The van der Waals surface area contributed by atoms with Gasteiger partial charge in [0.15, 0.2) is 0 Å². The van der Waals surface area contributed by atoms with E-state index in [-0.39, 0.29) is 0 Å². The van der Waals surface area contributed by atoms with Crippen molar-refractivity contribution in [2.45, 2.75) is 38.1 Å². The van der Waals surface area contributed by atoms with Crippen LogP contribution in [-0.4, -0.2) is 30.6 Å². The summed E-state index contributed by atoms with van der Waals surface area (Å²) in [5.74, 6) is 0. The monoisotopic (exact) mass is 232 g/mol. The van der Waals surface area contributed by atoms with Crippen LogP contribution in [-0.2, 0) is 6.42 Å². The number of likely N-dealkylation sites (tertiary alicyclic amines) is 1. The molecule has 0 radical (unpaired) electrons. The molecule has 1 aromatic rings. The van der Waals surface area contributed by atoms with Gasteiger partial charge in [0.2, 0.25) is 0 Å². The van der Waals surface area contributed by atoms with Crippen LogP contribution in [0.3, 0.4) is 0 Å². The number of nitrogens with two attached hydrogens (primary N) is 1. The Morgan fingerprint density at radius 2 is 2.00 bits per heavy atom. The Balaban J connectivity index is 1.84. The fourth-order valence-electron chi connectivity index (χ4n) is 2.79. The number of benzene rings is 1. The van der Waals surface area contributed by atoms with Crippen LogP contribution in [0.5, 0.6) is 0 Å². The quantitative estimate of drug-likeness (QED) is 0.845. The minimum Gasteiger partial charge on any atom is -0.330 e. The Labute approximate surface area is 105 Å². The van der Waals surface area contributed by atoms with E-state index in [0.29, 0.717) is 0 Å². The van der Waals surface area contributed by atoms with Crippen molar-refractivity contribution in [1.82, 2.24) is 4.90 Å². The number of rotatable bonds is 5. The Kier molecular flexibility index (Phi) is 5.02. The molecule has 0 spiro atoms. The molecule has 1 fully saturated rings. The zero-order valence-electron chi connectivity index (χ0n) is 10.6. The van der Waals surface area contributed by atoms with Gasteiger partial charge in [0, 0.05) is 12.6 Å². The van der Waals surface area contributed by atoms with Crippen LogP contribution in [0.2, 0.25) is 0 Å². The van der Waals surface area contributed by atoms with Gasteiger partial charge in [-0.3, -0.25) is 0 Å². The van der Waals surface area contributed by atoms with Crippen LogP contribution < -0.4 is 5.73 Å². The molecule has 1 aliphatic rings. The molecule has 2 nitrogen and oxygen atoms in total. The van der Waals surface area contributed by atoms with Crippen molar-refractivity contribution in [3.05, 3.63) is 35.9 Å². The molecule has 1 aliphatic heterocycles. The van der Waals surface area contributed by atoms with Gasteiger partial charge in [-0.2, -0.15) is 0 Å². The Bertz CT molecular complexity index is 308. The van der Waals surface area contributed by atoms with Crippen molar-refractivity contribution in [1.29, 1.82) is 0 Å². The predicted molar refractivity (Wildman–Crippen MR) is 73.0 cm³/mol. The second-order valence-corrected chi connectivity index (χ2v) is 5.00. The van der Waals surface area contributed by atoms with Crippen molar-refractivity contribution >= 4 is 0 Å². The van der Waals surface area contributed by atoms with Gasteiger partial charge in [0.25, 0.3) is 0 Å². The summed E-state index contributed by atoms with van der Waals surface area (Å²) in [6, 6.07) is 11.5. The van der Waals surface area contributed by atoms with Crippen molar-refractivity contribution < 1.29 is 0 Å². The number of nitrogens with zero attached hydrogens (tertiary/aromatic N) is 1. The Hall–Kier alpha value is -0.860. The molecule has 1 saturated heterocycles. The van der Waals surface area contributed by atoms with Gasteiger partial charge < -0.3 is 10.6 Å². The highest BCUT2D eigenvalue weighted by atomic mass is 15.2. The van der Waals surface area contributed by atoms with Crippen LogP contribution >= 0.6 is 0 Å². The molecule has 1 atom stereocenters. The third-order valence-electron chi connectivity index (χ3n) is 3.78. The lowest BCUT2D eigenvalue weighted by atomic mass is 9.98. The summed E-state index contributed by atoms with van der Waals surface area (Å²) in [5.41, 5.74) is 7.15. The Morgan fingerprint density at radius 3 is 2.76 bits per heavy atom. The van der Waals surface area contributed by atoms with Crippen molar-refractivity contribution in [2.24, 2.45) is 5.73 Å². The molecule has 0 amide bonds. The molecule has 94 valence electrons. The molecular weight excluding hydrogens is 208 g/mol. The average molecular weight is 232 g/mol. The molecule has 2 heteroatoms. The number of hydrogen-bond acceptors (Lipinski definition) is 2. The number of piperidine rings is 1. The third-order valence-corrected chi connectivity index (χ3v) is 3.78. The molecule has 2 rings (SSSR count). The molecule has 17 heavy (non-hydrogen) atoms. The van der Waals surface area contributed by atoms with Crippen molar-refractivity contribution in [3.63, 3.8) is 0 Å². The standard InChI is InChI=1S/C15H24N2/c16-11-9-15-8-4-5-12-17(15)13-10-14-6-2-1-3-7-14/h1-3,6-7,15H,4-5,8-13,16H2. The fraction of sp³-hybridized carbons (Fsp3) is 0.600. The van der Waals surface area contributed by atoms with E-state index in [9.17, 15) is 0 Å². The van der Waals surface area contributed by atoms with Crippen molar-refractivity contribution in [3.8, 4) is 0 Å². The van der Waals surface area contributed by atoms with E-state index in [0.717, 1.165) is 19.0 Å². The second-order valence-electron chi connectivity index (χ2n) is 5.00. The molecule has 0 aromatic heterocycles. The lowest BCUT2D eigenvalue weighted by Crippen LogP contribution is -2.41. The van der Waals surface area contributed by atoms with Crippen LogP contribution in [0.1, 0.15) is 31.2 Å². The third kappa shape index (κ3) is 3.83. The maximum absolute atomic E-state index is 5.70. The minimum atomic E-state index is 0.734. The highest BCUT2D eigenvalue weighted by Gasteiger charge is 2.20. The normalized spacial score (nSPS) is 21.6. The first-order valence-corrected chi connectivity index (χ1v) is 6.88. The van der Waals surface area contributed by atoms with Crippen LogP contribution in [0.25, 0.3) is 0 Å². The average Bonchev–Trinajstić information content (AvgIpc) is 2.39. The molecule has 0 saturated carbocycles. The first-order chi connectivity index (χ1) is 8.40. The Morgan fingerprint density at radius 1 is 1.18 bits per heavy atom. The molecule has 1 aromatic carbocycles. The summed E-state index contributed by atoms with van der Waals surface area (Å²) in [4.78, 5) is 2.64. The molecule has 0 aliphatic carbocycles. The SMILES string of the molecule is NCCC1CCCCN1CCc1ccccc1. The van der Waals surface area contributed by atoms with Crippen LogP contribution in [0, 0.1) is 0 Å².